The lowest BCUT2D eigenvalue weighted by molar-refractivity contribution is -0.122. The van der Waals surface area contributed by atoms with Crippen molar-refractivity contribution in [3.8, 4) is 5.82 Å². The number of benzene rings is 1. The van der Waals surface area contributed by atoms with Gasteiger partial charge in [0, 0.05) is 24.7 Å². The smallest absolute Gasteiger partial charge is 0.230 e. The number of nitrogens with zero attached hydrogens (tertiary/aromatic N) is 6. The normalized spacial score (nSPS) is 16.4. The second kappa shape index (κ2) is 7.18. The number of anilines is 2. The van der Waals surface area contributed by atoms with Gasteiger partial charge in [-0.25, -0.2) is 19.6 Å². The summed E-state index contributed by atoms with van der Waals surface area (Å²) >= 11 is 0. The Balaban J connectivity index is 1.47. The number of nitrogens with one attached hydrogen (secondary N) is 1. The van der Waals surface area contributed by atoms with Crippen LogP contribution in [0.25, 0.3) is 5.82 Å². The average Bonchev–Trinajstić information content (AvgIpc) is 3.34. The number of hydrogen-bond donors (Lipinski definition) is 1. The lowest BCUT2D eigenvalue weighted by Gasteiger charge is -2.18. The number of aryl methyl sites for hydroxylation is 2. The van der Waals surface area contributed by atoms with Crippen molar-refractivity contribution in [3.05, 3.63) is 54.4 Å². The maximum absolute atomic E-state index is 12.7. The predicted octanol–water partition coefficient (Wildman–Crippen LogP) is 1.67. The average molecular weight is 377 g/mol. The molecule has 9 nitrogen and oxygen atoms in total. The third-order valence-electron chi connectivity index (χ3n) is 4.86. The molecule has 142 valence electrons. The summed E-state index contributed by atoms with van der Waals surface area (Å²) in [6, 6.07) is 7.47. The van der Waals surface area contributed by atoms with Crippen molar-refractivity contribution in [2.75, 3.05) is 16.8 Å². The molecule has 3 aromatic rings. The summed E-state index contributed by atoms with van der Waals surface area (Å²) in [5.74, 6) is 0.0841. The number of carbonyl (C=O) groups excluding carboxylic acids is 2. The summed E-state index contributed by atoms with van der Waals surface area (Å²) < 4.78 is 1.47. The molecule has 0 bridgehead atoms. The molecule has 1 aromatic carbocycles. The van der Waals surface area contributed by atoms with Gasteiger partial charge in [-0.2, -0.15) is 5.10 Å². The molecule has 0 radical (unpaired) electrons. The van der Waals surface area contributed by atoms with E-state index in [1.165, 1.54) is 23.7 Å². The zero-order valence-corrected chi connectivity index (χ0v) is 15.5. The minimum atomic E-state index is -0.445. The molecular formula is C19H19N7O2. The highest BCUT2D eigenvalue weighted by atomic mass is 16.2. The maximum atomic E-state index is 12.7. The van der Waals surface area contributed by atoms with Crippen LogP contribution in [0.3, 0.4) is 0 Å². The third kappa shape index (κ3) is 3.46. The molecule has 1 aliphatic heterocycles. The van der Waals surface area contributed by atoms with Crippen molar-refractivity contribution in [1.29, 1.82) is 0 Å². The quantitative estimate of drug-likeness (QED) is 0.741. The molecule has 2 aromatic heterocycles. The Labute approximate surface area is 161 Å². The van der Waals surface area contributed by atoms with Crippen LogP contribution in [0.4, 0.5) is 11.5 Å². The van der Waals surface area contributed by atoms with Gasteiger partial charge in [0.2, 0.25) is 11.8 Å². The maximum Gasteiger partial charge on any atom is 0.230 e. The summed E-state index contributed by atoms with van der Waals surface area (Å²) in [6.45, 7) is 4.37. The van der Waals surface area contributed by atoms with Crippen LogP contribution in [0.1, 0.15) is 17.5 Å². The van der Waals surface area contributed by atoms with Crippen LogP contribution in [0.15, 0.2) is 43.2 Å². The van der Waals surface area contributed by atoms with E-state index in [-0.39, 0.29) is 18.2 Å². The van der Waals surface area contributed by atoms with Crippen LogP contribution in [0.2, 0.25) is 0 Å². The molecule has 1 atom stereocenters. The highest BCUT2D eigenvalue weighted by Gasteiger charge is 2.35. The lowest BCUT2D eigenvalue weighted by Crippen LogP contribution is -2.28. The van der Waals surface area contributed by atoms with E-state index < -0.39 is 5.92 Å². The van der Waals surface area contributed by atoms with Gasteiger partial charge in [-0.15, -0.1) is 0 Å². The summed E-state index contributed by atoms with van der Waals surface area (Å²) in [6.07, 6.45) is 4.41. The second-order valence-electron chi connectivity index (χ2n) is 6.76. The third-order valence-corrected chi connectivity index (χ3v) is 4.86. The molecular weight excluding hydrogens is 358 g/mol. The molecule has 4 rings (SSSR count). The summed E-state index contributed by atoms with van der Waals surface area (Å²) in [4.78, 5) is 38.8. The number of hydrogen-bond acceptors (Lipinski definition) is 6. The first-order valence-electron chi connectivity index (χ1n) is 8.87. The molecule has 28 heavy (non-hydrogen) atoms. The largest absolute Gasteiger partial charge is 0.312 e. The molecule has 2 amide bonds. The predicted molar refractivity (Wildman–Crippen MR) is 102 cm³/mol. The van der Waals surface area contributed by atoms with E-state index in [1.54, 1.807) is 11.0 Å². The summed E-state index contributed by atoms with van der Waals surface area (Å²) in [7, 11) is 0. The lowest BCUT2D eigenvalue weighted by atomic mass is 10.1. The Hall–Kier alpha value is -3.62. The standard InChI is InChI=1S/C19H19N7O2/c1-12-3-4-15(5-13(12)2)25-8-14(6-18(25)27)19(28)24-16-7-17(22-10-21-16)26-11-20-9-23-26/h3-5,7,9-11,14H,6,8H2,1-2H3,(H,21,22,24,28). The highest BCUT2D eigenvalue weighted by Crippen LogP contribution is 2.27. The molecule has 1 unspecified atom stereocenters. The van der Waals surface area contributed by atoms with Gasteiger partial charge < -0.3 is 10.2 Å². The number of aromatic nitrogens is 5. The van der Waals surface area contributed by atoms with Crippen molar-refractivity contribution in [2.45, 2.75) is 20.3 Å². The van der Waals surface area contributed by atoms with Crippen molar-refractivity contribution in [2.24, 2.45) is 5.92 Å². The topological polar surface area (TPSA) is 106 Å². The van der Waals surface area contributed by atoms with Crippen LogP contribution in [0.5, 0.6) is 0 Å². The Morgan fingerprint density at radius 3 is 2.75 bits per heavy atom. The fraction of sp³-hybridized carbons (Fsp3) is 0.263. The fourth-order valence-corrected chi connectivity index (χ4v) is 3.12. The minimum Gasteiger partial charge on any atom is -0.312 e. The van der Waals surface area contributed by atoms with Crippen molar-refractivity contribution in [1.82, 2.24) is 24.7 Å². The van der Waals surface area contributed by atoms with Crippen LogP contribution in [-0.2, 0) is 9.59 Å². The summed E-state index contributed by atoms with van der Waals surface area (Å²) in [5, 5.41) is 6.77. The van der Waals surface area contributed by atoms with E-state index in [2.05, 4.69) is 25.4 Å². The van der Waals surface area contributed by atoms with Crippen molar-refractivity contribution in [3.63, 3.8) is 0 Å². The fourth-order valence-electron chi connectivity index (χ4n) is 3.12. The van der Waals surface area contributed by atoms with E-state index in [0.717, 1.165) is 16.8 Å². The monoisotopic (exact) mass is 377 g/mol. The zero-order chi connectivity index (χ0) is 19.7. The molecule has 0 saturated carbocycles. The van der Waals surface area contributed by atoms with E-state index in [9.17, 15) is 9.59 Å². The first-order chi connectivity index (χ1) is 13.5. The Morgan fingerprint density at radius 1 is 1.14 bits per heavy atom. The van der Waals surface area contributed by atoms with Crippen molar-refractivity contribution < 1.29 is 9.59 Å². The van der Waals surface area contributed by atoms with Crippen molar-refractivity contribution >= 4 is 23.3 Å². The molecule has 0 aliphatic carbocycles. The van der Waals surface area contributed by atoms with Gasteiger partial charge in [-0.05, 0) is 37.1 Å². The van der Waals surface area contributed by atoms with E-state index >= 15 is 0 Å². The Kier molecular flexibility index (Phi) is 4.56. The second-order valence-corrected chi connectivity index (χ2v) is 6.76. The number of amides is 2. The van der Waals surface area contributed by atoms with E-state index in [1.807, 2.05) is 32.0 Å². The van der Waals surface area contributed by atoms with Gasteiger partial charge in [-0.3, -0.25) is 9.59 Å². The van der Waals surface area contributed by atoms with E-state index in [4.69, 9.17) is 0 Å². The minimum absolute atomic E-state index is 0.0607. The van der Waals surface area contributed by atoms with Crippen LogP contribution >= 0.6 is 0 Å². The Morgan fingerprint density at radius 2 is 2.00 bits per heavy atom. The number of carbonyl (C=O) groups is 2. The van der Waals surface area contributed by atoms with E-state index in [0.29, 0.717) is 18.2 Å². The van der Waals surface area contributed by atoms with Crippen LogP contribution in [0, 0.1) is 19.8 Å². The molecule has 1 saturated heterocycles. The zero-order valence-electron chi connectivity index (χ0n) is 15.5. The Bertz CT molecular complexity index is 1030. The van der Waals surface area contributed by atoms with Crippen LogP contribution < -0.4 is 10.2 Å². The number of rotatable bonds is 4. The molecule has 3 heterocycles. The summed E-state index contributed by atoms with van der Waals surface area (Å²) in [5.41, 5.74) is 3.09. The SMILES string of the molecule is Cc1ccc(N2CC(C(=O)Nc3cc(-n4cncn4)ncn3)CC2=O)cc1C. The molecule has 0 spiro atoms. The van der Waals surface area contributed by atoms with Gasteiger partial charge >= 0.3 is 0 Å². The van der Waals surface area contributed by atoms with Gasteiger partial charge in [0.1, 0.15) is 24.8 Å². The van der Waals surface area contributed by atoms with Gasteiger partial charge in [0.15, 0.2) is 5.82 Å². The molecule has 1 aliphatic rings. The van der Waals surface area contributed by atoms with Gasteiger partial charge in [-0.1, -0.05) is 6.07 Å². The van der Waals surface area contributed by atoms with Gasteiger partial charge in [0.25, 0.3) is 0 Å². The molecule has 1 fully saturated rings. The highest BCUT2D eigenvalue weighted by molar-refractivity contribution is 6.03. The molecule has 9 heteroatoms. The molecule has 1 N–H and O–H groups in total. The van der Waals surface area contributed by atoms with Gasteiger partial charge in [0.05, 0.1) is 5.92 Å². The van der Waals surface area contributed by atoms with Crippen LogP contribution in [-0.4, -0.2) is 43.1 Å². The first kappa shape index (κ1) is 17.8. The first-order valence-corrected chi connectivity index (χ1v) is 8.87.